The summed E-state index contributed by atoms with van der Waals surface area (Å²) in [5, 5.41) is 28.8. The minimum atomic E-state index is -1.28. The first-order chi connectivity index (χ1) is 18.3. The number of nitrogens with one attached hydrogen (secondary N) is 1. The minimum Gasteiger partial charge on any atom is -0.465 e. The van der Waals surface area contributed by atoms with E-state index in [2.05, 4.69) is 0 Å². The van der Waals surface area contributed by atoms with Crippen LogP contribution >= 0.6 is 0 Å². The Balaban J connectivity index is 1.47. The summed E-state index contributed by atoms with van der Waals surface area (Å²) >= 11 is 0. The molecule has 3 N–H and O–H groups in total. The van der Waals surface area contributed by atoms with Crippen LogP contribution in [0.25, 0.3) is 0 Å². The van der Waals surface area contributed by atoms with Crippen molar-refractivity contribution in [3.05, 3.63) is 82.4 Å². The Hall–Kier alpha value is -4.21. The maximum absolute atomic E-state index is 13.5. The molecule has 3 aromatic carbocycles. The SMILES string of the molecule is COC(=O)c1ccc2c(c1)C1(C(=N)C2=O)c2ccc(N3CC(O)C3)cc2Oc2cc(N3CC(O)C3)ccc21. The summed E-state index contributed by atoms with van der Waals surface area (Å²) in [4.78, 5) is 30.1. The van der Waals surface area contributed by atoms with Gasteiger partial charge in [0.1, 0.15) is 11.5 Å². The van der Waals surface area contributed by atoms with E-state index in [1.807, 2.05) is 46.2 Å². The van der Waals surface area contributed by atoms with Crippen molar-refractivity contribution in [3.8, 4) is 11.5 Å². The summed E-state index contributed by atoms with van der Waals surface area (Å²) in [6, 6.07) is 16.1. The molecular formula is C29H25N3O6. The Bertz CT molecular complexity index is 1490. The van der Waals surface area contributed by atoms with Gasteiger partial charge in [-0.05, 0) is 35.9 Å². The van der Waals surface area contributed by atoms with Crippen molar-refractivity contribution in [2.75, 3.05) is 43.1 Å². The molecule has 3 aliphatic heterocycles. The summed E-state index contributed by atoms with van der Waals surface area (Å²) in [6.07, 6.45) is -0.754. The molecule has 0 saturated carbocycles. The van der Waals surface area contributed by atoms with Gasteiger partial charge in [0, 0.05) is 66.4 Å². The summed E-state index contributed by atoms with van der Waals surface area (Å²) in [7, 11) is 1.31. The van der Waals surface area contributed by atoms with Crippen LogP contribution in [0.15, 0.2) is 54.6 Å². The largest absolute Gasteiger partial charge is 0.465 e. The van der Waals surface area contributed by atoms with Gasteiger partial charge in [0.25, 0.3) is 0 Å². The fourth-order valence-electron chi connectivity index (χ4n) is 6.10. The van der Waals surface area contributed by atoms with Crippen molar-refractivity contribution in [1.29, 1.82) is 5.41 Å². The number of aliphatic hydroxyl groups excluding tert-OH is 2. The molecule has 192 valence electrons. The van der Waals surface area contributed by atoms with E-state index in [0.29, 0.717) is 65.5 Å². The second-order valence-corrected chi connectivity index (χ2v) is 10.3. The Labute approximate surface area is 218 Å². The standard InChI is InChI=1S/C29H25N3O6/c1-37-28(36)15-2-5-20-23(8-15)29(27(30)26(20)35)21-6-3-16(31-11-18(33)12-31)9-24(21)38-25-10-17(4-7-22(25)29)32-13-19(34)14-32/h2-10,18-19,30,33-34H,11-14H2,1H3. The summed E-state index contributed by atoms with van der Waals surface area (Å²) in [5.74, 6) is 0.0805. The van der Waals surface area contributed by atoms with Crippen molar-refractivity contribution in [2.45, 2.75) is 17.6 Å². The Morgan fingerprint density at radius 2 is 1.45 bits per heavy atom. The normalized spacial score (nSPS) is 19.3. The van der Waals surface area contributed by atoms with Gasteiger partial charge >= 0.3 is 5.97 Å². The second kappa shape index (κ2) is 7.89. The van der Waals surface area contributed by atoms with Crippen LogP contribution in [-0.2, 0) is 10.2 Å². The Morgan fingerprint density at radius 3 is 1.95 bits per heavy atom. The maximum atomic E-state index is 13.5. The third-order valence-electron chi connectivity index (χ3n) is 8.10. The molecule has 0 unspecified atom stereocenters. The van der Waals surface area contributed by atoms with E-state index in [1.54, 1.807) is 18.2 Å². The molecule has 9 heteroatoms. The molecule has 0 aromatic heterocycles. The molecule has 3 heterocycles. The number of rotatable bonds is 3. The van der Waals surface area contributed by atoms with Gasteiger partial charge in [-0.1, -0.05) is 12.1 Å². The molecular weight excluding hydrogens is 486 g/mol. The molecule has 2 saturated heterocycles. The lowest BCUT2D eigenvalue weighted by molar-refractivity contribution is 0.0600. The first-order valence-corrected chi connectivity index (χ1v) is 12.5. The van der Waals surface area contributed by atoms with Gasteiger partial charge in [0.15, 0.2) is 0 Å². The van der Waals surface area contributed by atoms with E-state index < -0.39 is 17.2 Å². The van der Waals surface area contributed by atoms with Gasteiger partial charge in [-0.15, -0.1) is 0 Å². The van der Waals surface area contributed by atoms with Crippen LogP contribution in [0.5, 0.6) is 11.5 Å². The molecule has 0 radical (unpaired) electrons. The number of methoxy groups -OCH3 is 1. The number of fused-ring (bicyclic) bond motifs is 6. The third kappa shape index (κ3) is 2.97. The van der Waals surface area contributed by atoms with Crippen LogP contribution in [0, 0.1) is 5.41 Å². The van der Waals surface area contributed by atoms with Crippen LogP contribution in [-0.4, -0.2) is 73.2 Å². The number of benzene rings is 3. The predicted octanol–water partition coefficient (Wildman–Crippen LogP) is 2.49. The zero-order valence-electron chi connectivity index (χ0n) is 20.6. The van der Waals surface area contributed by atoms with E-state index in [-0.39, 0.29) is 17.9 Å². The number of hydrogen-bond acceptors (Lipinski definition) is 9. The molecule has 2 fully saturated rings. The number of β-amino-alcohol motifs (C(OH)–C–C–N with tert-alkyl or cyclic N) is 2. The average molecular weight is 512 g/mol. The molecule has 38 heavy (non-hydrogen) atoms. The zero-order chi connectivity index (χ0) is 26.3. The fraction of sp³-hybridized carbons (Fsp3) is 0.276. The molecule has 3 aromatic rings. The van der Waals surface area contributed by atoms with E-state index in [9.17, 15) is 25.2 Å². The number of ketones is 1. The van der Waals surface area contributed by atoms with Gasteiger partial charge in [-0.25, -0.2) is 4.79 Å². The molecule has 4 aliphatic rings. The lowest BCUT2D eigenvalue weighted by atomic mass is 9.67. The first kappa shape index (κ1) is 22.9. The summed E-state index contributed by atoms with van der Waals surface area (Å²) < 4.78 is 11.4. The number of hydrogen-bond donors (Lipinski definition) is 3. The van der Waals surface area contributed by atoms with Crippen LogP contribution in [0.2, 0.25) is 0 Å². The molecule has 9 nitrogen and oxygen atoms in total. The third-order valence-corrected chi connectivity index (χ3v) is 8.10. The number of nitrogens with zero attached hydrogens (tertiary/aromatic N) is 2. The lowest BCUT2D eigenvalue weighted by Crippen LogP contribution is -2.51. The van der Waals surface area contributed by atoms with Crippen LogP contribution in [0.4, 0.5) is 11.4 Å². The van der Waals surface area contributed by atoms with Crippen molar-refractivity contribution < 1.29 is 29.3 Å². The number of esters is 1. The van der Waals surface area contributed by atoms with Gasteiger partial charge in [-0.2, -0.15) is 0 Å². The Kier molecular flexibility index (Phi) is 4.77. The quantitative estimate of drug-likeness (QED) is 0.459. The number of carbonyl (C=O) groups is 2. The monoisotopic (exact) mass is 511 g/mol. The topological polar surface area (TPSA) is 123 Å². The van der Waals surface area contributed by atoms with Crippen molar-refractivity contribution in [3.63, 3.8) is 0 Å². The molecule has 0 atom stereocenters. The lowest BCUT2D eigenvalue weighted by Gasteiger charge is -2.42. The van der Waals surface area contributed by atoms with Crippen molar-refractivity contribution in [2.24, 2.45) is 0 Å². The molecule has 7 rings (SSSR count). The van der Waals surface area contributed by atoms with Gasteiger partial charge in [0.05, 0.1) is 36.0 Å². The number of aliphatic hydroxyl groups is 2. The minimum absolute atomic E-state index is 0.112. The van der Waals surface area contributed by atoms with Crippen molar-refractivity contribution in [1.82, 2.24) is 0 Å². The average Bonchev–Trinajstić information content (AvgIpc) is 3.10. The van der Waals surface area contributed by atoms with Crippen molar-refractivity contribution >= 4 is 28.8 Å². The number of ether oxygens (including phenoxy) is 2. The summed E-state index contributed by atoms with van der Waals surface area (Å²) in [6.45, 7) is 2.06. The summed E-state index contributed by atoms with van der Waals surface area (Å²) in [5.41, 5.74) is 2.83. The number of carbonyl (C=O) groups excluding carboxylic acids is 2. The second-order valence-electron chi connectivity index (χ2n) is 10.3. The van der Waals surface area contributed by atoms with Gasteiger partial charge in [-0.3, -0.25) is 10.2 Å². The molecule has 1 aliphatic carbocycles. The molecule has 0 amide bonds. The first-order valence-electron chi connectivity index (χ1n) is 12.5. The van der Waals surface area contributed by atoms with Crippen LogP contribution in [0.3, 0.4) is 0 Å². The van der Waals surface area contributed by atoms with Crippen LogP contribution < -0.4 is 14.5 Å². The van der Waals surface area contributed by atoms with Crippen LogP contribution in [0.1, 0.15) is 37.4 Å². The zero-order valence-corrected chi connectivity index (χ0v) is 20.6. The molecule has 0 bridgehead atoms. The highest BCUT2D eigenvalue weighted by Gasteiger charge is 2.56. The van der Waals surface area contributed by atoms with E-state index in [1.165, 1.54) is 7.11 Å². The highest BCUT2D eigenvalue weighted by Crippen LogP contribution is 2.57. The van der Waals surface area contributed by atoms with E-state index in [4.69, 9.17) is 9.47 Å². The smallest absolute Gasteiger partial charge is 0.337 e. The Morgan fingerprint density at radius 1 is 0.895 bits per heavy atom. The van der Waals surface area contributed by atoms with E-state index >= 15 is 0 Å². The predicted molar refractivity (Wildman–Crippen MR) is 139 cm³/mol. The number of anilines is 2. The maximum Gasteiger partial charge on any atom is 0.337 e. The highest BCUT2D eigenvalue weighted by atomic mass is 16.5. The highest BCUT2D eigenvalue weighted by molar-refractivity contribution is 6.53. The fourth-order valence-corrected chi connectivity index (χ4v) is 6.10. The van der Waals surface area contributed by atoms with E-state index in [0.717, 1.165) is 11.4 Å². The van der Waals surface area contributed by atoms with Gasteiger partial charge < -0.3 is 29.5 Å². The van der Waals surface area contributed by atoms with Gasteiger partial charge in [0.2, 0.25) is 5.78 Å². The molecule has 1 spiro atoms. The number of Topliss-reactive ketones (excluding diaryl/α,β-unsaturated/α-hetero) is 1.